The fraction of sp³-hybridized carbons (Fsp3) is 0.306. The van der Waals surface area contributed by atoms with Gasteiger partial charge in [-0.25, -0.2) is 18.1 Å². The maximum absolute atomic E-state index is 14.1. The lowest BCUT2D eigenvalue weighted by molar-refractivity contribution is -0.386. The van der Waals surface area contributed by atoms with Gasteiger partial charge in [0.15, 0.2) is 0 Å². The number of sulfonamides is 1. The summed E-state index contributed by atoms with van der Waals surface area (Å²) in [4.78, 5) is 37.5. The van der Waals surface area contributed by atoms with E-state index in [2.05, 4.69) is 50.5 Å². The van der Waals surface area contributed by atoms with E-state index in [0.29, 0.717) is 17.0 Å². The Morgan fingerprint density at radius 1 is 1.02 bits per heavy atom. The average molecular weight is 901 g/mol. The van der Waals surface area contributed by atoms with Crippen molar-refractivity contribution in [2.45, 2.75) is 57.3 Å². The van der Waals surface area contributed by atoms with Crippen molar-refractivity contribution in [3.8, 4) is 17.2 Å². The summed E-state index contributed by atoms with van der Waals surface area (Å²) in [6.45, 7) is 10.8. The molecule has 1 amide bonds. The third-order valence-electron chi connectivity index (χ3n) is 12.7. The number of hydrogen-bond donors (Lipinski definition) is 2. The molecule has 4 heterocycles. The zero-order chi connectivity index (χ0) is 44.8. The molecular formula is C49H49ClN6O7S. The molecule has 1 aliphatic carbocycles. The predicted molar refractivity (Wildman–Crippen MR) is 248 cm³/mol. The number of amides is 1. The highest BCUT2D eigenvalue weighted by Crippen LogP contribution is 2.44. The Bertz CT molecular complexity index is 2910. The zero-order valence-corrected chi connectivity index (χ0v) is 37.5. The van der Waals surface area contributed by atoms with Gasteiger partial charge in [0.05, 0.1) is 33.7 Å². The van der Waals surface area contributed by atoms with Crippen LogP contribution in [0.3, 0.4) is 0 Å². The predicted octanol–water partition coefficient (Wildman–Crippen LogP) is 9.85. The minimum absolute atomic E-state index is 0.0494. The van der Waals surface area contributed by atoms with Crippen LogP contribution >= 0.6 is 11.6 Å². The molecule has 330 valence electrons. The van der Waals surface area contributed by atoms with Crippen LogP contribution in [0.4, 0.5) is 11.4 Å². The molecule has 0 radical (unpaired) electrons. The number of allylic oxidation sites excluding steroid dienone is 1. The summed E-state index contributed by atoms with van der Waals surface area (Å²) in [6.07, 6.45) is 6.76. The third kappa shape index (κ3) is 9.21. The Kier molecular flexibility index (Phi) is 11.7. The highest BCUT2D eigenvalue weighted by atomic mass is 35.5. The molecule has 2 aliphatic heterocycles. The number of carbonyl (C=O) groups is 1. The van der Waals surface area contributed by atoms with E-state index in [1.54, 1.807) is 30.5 Å². The Labute approximate surface area is 377 Å². The van der Waals surface area contributed by atoms with E-state index < -0.39 is 31.4 Å². The van der Waals surface area contributed by atoms with Gasteiger partial charge in [0, 0.05) is 79.1 Å². The summed E-state index contributed by atoms with van der Waals surface area (Å²) >= 11 is 6.25. The van der Waals surface area contributed by atoms with Crippen LogP contribution in [0, 0.1) is 22.5 Å². The van der Waals surface area contributed by atoms with Crippen molar-refractivity contribution in [1.29, 1.82) is 0 Å². The standard InChI is InChI=1S/C49H49ClN6O7S/c1-31-4-6-32(7-5-31)36-23-42-44(56(58)59)25-40(26-45(42)62-30-36)64(60,61)53-48(57)41-13-12-38(24-46(41)63-39-22-34-15-17-51-47(34)52-28-39)55-20-18-54(19-21-55)29-35-14-16-49(2,3)27-43(35)33-8-10-37(50)11-9-33/h4-13,15,17,22,24-26,28,36H,14,16,18-21,23,27,29-30H2,1-3H3,(H,51,52)(H,53,57)/t36-/m1/s1. The van der Waals surface area contributed by atoms with Gasteiger partial charge in [0.2, 0.25) is 0 Å². The lowest BCUT2D eigenvalue weighted by Gasteiger charge is -2.39. The molecule has 0 saturated carbocycles. The smallest absolute Gasteiger partial charge is 0.277 e. The summed E-state index contributed by atoms with van der Waals surface area (Å²) in [5, 5.41) is 13.9. The highest BCUT2D eigenvalue weighted by Gasteiger charge is 2.34. The van der Waals surface area contributed by atoms with Crippen molar-refractivity contribution < 1.29 is 27.6 Å². The number of piperazine rings is 1. The number of halogens is 1. The molecule has 0 bridgehead atoms. The van der Waals surface area contributed by atoms with Gasteiger partial charge in [-0.05, 0) is 91.1 Å². The van der Waals surface area contributed by atoms with Crippen molar-refractivity contribution in [1.82, 2.24) is 19.6 Å². The van der Waals surface area contributed by atoms with Gasteiger partial charge in [-0.15, -0.1) is 0 Å². The molecule has 15 heteroatoms. The summed E-state index contributed by atoms with van der Waals surface area (Å²) in [5.74, 6) is -0.573. The number of rotatable bonds is 11. The molecule has 1 fully saturated rings. The molecule has 13 nitrogen and oxygen atoms in total. The number of nitrogens with one attached hydrogen (secondary N) is 2. The Hall–Kier alpha value is -6.22. The maximum Gasteiger partial charge on any atom is 0.277 e. The van der Waals surface area contributed by atoms with E-state index in [-0.39, 0.29) is 41.4 Å². The van der Waals surface area contributed by atoms with Gasteiger partial charge in [-0.1, -0.05) is 73.0 Å². The van der Waals surface area contributed by atoms with Gasteiger partial charge in [0.1, 0.15) is 22.9 Å². The fourth-order valence-corrected chi connectivity index (χ4v) is 10.1. The van der Waals surface area contributed by atoms with E-state index in [0.717, 1.165) is 85.3 Å². The van der Waals surface area contributed by atoms with Crippen LogP contribution in [0.2, 0.25) is 5.02 Å². The molecule has 0 unspecified atom stereocenters. The minimum atomic E-state index is -4.64. The number of carbonyl (C=O) groups excluding carboxylic acids is 1. The Balaban J connectivity index is 0.953. The first-order valence-electron chi connectivity index (χ1n) is 21.4. The summed E-state index contributed by atoms with van der Waals surface area (Å²) in [7, 11) is -4.64. The van der Waals surface area contributed by atoms with E-state index in [1.807, 2.05) is 49.4 Å². The molecule has 2 N–H and O–H groups in total. The van der Waals surface area contributed by atoms with Crippen LogP contribution in [-0.2, 0) is 16.4 Å². The number of nitro benzene ring substituents is 1. The van der Waals surface area contributed by atoms with Crippen LogP contribution in [0.25, 0.3) is 16.6 Å². The number of anilines is 1. The zero-order valence-electron chi connectivity index (χ0n) is 35.9. The van der Waals surface area contributed by atoms with Crippen molar-refractivity contribution >= 4 is 55.5 Å². The van der Waals surface area contributed by atoms with Crippen molar-refractivity contribution in [3.63, 3.8) is 0 Å². The number of benzene rings is 4. The molecular weight excluding hydrogens is 852 g/mol. The average Bonchev–Trinajstić information content (AvgIpc) is 3.75. The number of aryl methyl sites for hydroxylation is 1. The number of fused-ring (bicyclic) bond motifs is 2. The van der Waals surface area contributed by atoms with E-state index in [1.165, 1.54) is 29.0 Å². The second-order valence-electron chi connectivity index (χ2n) is 17.8. The number of H-pyrrole nitrogens is 1. The summed E-state index contributed by atoms with van der Waals surface area (Å²) in [6, 6.07) is 26.9. The van der Waals surface area contributed by atoms with Crippen LogP contribution in [0.1, 0.15) is 71.6 Å². The number of aromatic nitrogens is 2. The first-order valence-corrected chi connectivity index (χ1v) is 23.3. The Morgan fingerprint density at radius 2 is 1.78 bits per heavy atom. The number of nitrogens with zero attached hydrogens (tertiary/aromatic N) is 4. The molecule has 0 spiro atoms. The van der Waals surface area contributed by atoms with Crippen molar-refractivity contribution in [2.75, 3.05) is 44.2 Å². The fourth-order valence-electron chi connectivity index (χ4n) is 9.02. The van der Waals surface area contributed by atoms with Crippen LogP contribution < -0.4 is 19.1 Å². The lowest BCUT2D eigenvalue weighted by Crippen LogP contribution is -2.47. The quantitative estimate of drug-likeness (QED) is 0.0947. The number of hydrogen-bond acceptors (Lipinski definition) is 10. The molecule has 2 aromatic heterocycles. The van der Waals surface area contributed by atoms with Gasteiger partial charge >= 0.3 is 0 Å². The molecule has 1 saturated heterocycles. The molecule has 1 atom stereocenters. The van der Waals surface area contributed by atoms with E-state index in [9.17, 15) is 23.3 Å². The first kappa shape index (κ1) is 43.1. The van der Waals surface area contributed by atoms with E-state index in [4.69, 9.17) is 21.1 Å². The summed E-state index contributed by atoms with van der Waals surface area (Å²) < 4.78 is 42.3. The molecule has 4 aromatic carbocycles. The van der Waals surface area contributed by atoms with Crippen LogP contribution in [0.5, 0.6) is 17.2 Å². The maximum atomic E-state index is 14.1. The number of aromatic amines is 1. The molecule has 3 aliphatic rings. The third-order valence-corrected chi connectivity index (χ3v) is 14.2. The van der Waals surface area contributed by atoms with Gasteiger partial charge in [0.25, 0.3) is 21.6 Å². The van der Waals surface area contributed by atoms with E-state index >= 15 is 0 Å². The molecule has 9 rings (SSSR count). The molecule has 64 heavy (non-hydrogen) atoms. The largest absolute Gasteiger partial charge is 0.492 e. The van der Waals surface area contributed by atoms with Crippen LogP contribution in [-0.4, -0.2) is 73.4 Å². The highest BCUT2D eigenvalue weighted by molar-refractivity contribution is 7.90. The lowest BCUT2D eigenvalue weighted by atomic mass is 9.72. The summed E-state index contributed by atoms with van der Waals surface area (Å²) in [5.41, 5.74) is 7.68. The second kappa shape index (κ2) is 17.4. The SMILES string of the molecule is Cc1ccc([C@H]2COc3cc(S(=O)(=O)NC(=O)c4ccc(N5CCN(CC6=C(c7ccc(Cl)cc7)CC(C)(C)CC6)CC5)cc4Oc4cnc5[nH]ccc5c4)cc([N+](=O)[O-])c3C2)cc1. The molecule has 6 aromatic rings. The monoisotopic (exact) mass is 900 g/mol. The number of nitro groups is 1. The van der Waals surface area contributed by atoms with Crippen molar-refractivity contribution in [3.05, 3.63) is 152 Å². The van der Waals surface area contributed by atoms with Crippen molar-refractivity contribution in [2.24, 2.45) is 5.41 Å². The normalized spacial score (nSPS) is 17.8. The van der Waals surface area contributed by atoms with Gasteiger partial charge in [-0.2, -0.15) is 0 Å². The number of ether oxygens (including phenoxy) is 2. The minimum Gasteiger partial charge on any atom is -0.492 e. The second-order valence-corrected chi connectivity index (χ2v) is 19.9. The first-order chi connectivity index (χ1) is 30.7. The number of pyridine rings is 1. The topological polar surface area (TPSA) is 160 Å². The Morgan fingerprint density at radius 3 is 2.53 bits per heavy atom. The van der Waals surface area contributed by atoms with Crippen LogP contribution in [0.15, 0.2) is 114 Å². The van der Waals surface area contributed by atoms with Gasteiger partial charge < -0.3 is 19.4 Å². The van der Waals surface area contributed by atoms with Gasteiger partial charge in [-0.3, -0.25) is 19.8 Å².